The Balaban J connectivity index is 1.66. The number of allylic oxidation sites excluding steroid dienone is 1. The van der Waals surface area contributed by atoms with E-state index in [1.54, 1.807) is 0 Å². The Morgan fingerprint density at radius 3 is 2.33 bits per heavy atom. The number of carbonyl (C=O) groups is 3. The molecule has 204 valence electrons. The largest absolute Gasteiger partial charge is 0.352 e. The van der Waals surface area contributed by atoms with Gasteiger partial charge in [0.15, 0.2) is 11.6 Å². The smallest absolute Gasteiger partial charge is 0.238 e. The summed E-state index contributed by atoms with van der Waals surface area (Å²) in [7, 11) is 0. The van der Waals surface area contributed by atoms with Crippen LogP contribution in [0.15, 0.2) is 78.9 Å². The summed E-state index contributed by atoms with van der Waals surface area (Å²) >= 11 is 0. The van der Waals surface area contributed by atoms with E-state index in [-0.39, 0.29) is 17.5 Å². The monoisotopic (exact) mass is 532 g/mol. The highest BCUT2D eigenvalue weighted by atomic mass is 16.2. The molecule has 3 heterocycles. The van der Waals surface area contributed by atoms with E-state index in [9.17, 15) is 14.4 Å². The van der Waals surface area contributed by atoms with Gasteiger partial charge in [0.05, 0.1) is 12.0 Å². The Bertz CT molecular complexity index is 1560. The molecule has 3 aromatic carbocycles. The van der Waals surface area contributed by atoms with Gasteiger partial charge in [0.2, 0.25) is 5.91 Å². The third-order valence-electron chi connectivity index (χ3n) is 8.95. The molecule has 5 heteroatoms. The van der Waals surface area contributed by atoms with Crippen molar-refractivity contribution in [3.8, 4) is 0 Å². The van der Waals surface area contributed by atoms with E-state index >= 15 is 0 Å². The predicted octanol–water partition coefficient (Wildman–Crippen LogP) is 6.62. The number of ketones is 2. The van der Waals surface area contributed by atoms with Gasteiger partial charge < -0.3 is 10.2 Å². The summed E-state index contributed by atoms with van der Waals surface area (Å²) in [6.07, 6.45) is 4.05. The molecule has 4 atom stereocenters. The number of fused-ring (bicyclic) bond motifs is 6. The Morgan fingerprint density at radius 1 is 0.950 bits per heavy atom. The lowest BCUT2D eigenvalue weighted by atomic mass is 9.63. The number of para-hydroxylation sites is 2. The number of amides is 1. The highest BCUT2D eigenvalue weighted by Crippen LogP contribution is 2.59. The Kier molecular flexibility index (Phi) is 6.10. The van der Waals surface area contributed by atoms with Crippen LogP contribution in [0, 0.1) is 11.3 Å². The minimum absolute atomic E-state index is 0.0461. The van der Waals surface area contributed by atoms with E-state index in [1.165, 1.54) is 0 Å². The van der Waals surface area contributed by atoms with Gasteiger partial charge in [-0.3, -0.25) is 14.4 Å². The van der Waals surface area contributed by atoms with Crippen molar-refractivity contribution in [1.82, 2.24) is 0 Å². The maximum Gasteiger partial charge on any atom is 0.238 e. The van der Waals surface area contributed by atoms with Gasteiger partial charge in [-0.05, 0) is 42.2 Å². The molecule has 0 aliphatic carbocycles. The number of rotatable bonds is 5. The molecule has 3 aliphatic heterocycles. The lowest BCUT2D eigenvalue weighted by Gasteiger charge is -2.39. The fraction of sp³-hybridized carbons (Fsp3) is 0.343. The van der Waals surface area contributed by atoms with Gasteiger partial charge in [-0.2, -0.15) is 0 Å². The maximum absolute atomic E-state index is 14.8. The zero-order valence-electron chi connectivity index (χ0n) is 23.8. The van der Waals surface area contributed by atoms with Gasteiger partial charge in [0.25, 0.3) is 0 Å². The van der Waals surface area contributed by atoms with Crippen molar-refractivity contribution in [3.63, 3.8) is 0 Å². The van der Waals surface area contributed by atoms with Crippen LogP contribution < -0.4 is 10.2 Å². The van der Waals surface area contributed by atoms with E-state index in [4.69, 9.17) is 0 Å². The molecule has 1 fully saturated rings. The summed E-state index contributed by atoms with van der Waals surface area (Å²) in [5.41, 5.74) is 4.12. The van der Waals surface area contributed by atoms with Crippen molar-refractivity contribution >= 4 is 34.4 Å². The highest BCUT2D eigenvalue weighted by Gasteiger charge is 2.71. The zero-order chi connectivity index (χ0) is 28.4. The molecule has 1 N–H and O–H groups in total. The van der Waals surface area contributed by atoms with Crippen molar-refractivity contribution in [2.45, 2.75) is 65.0 Å². The molecular formula is C35H36N2O3. The number of nitrogens with one attached hydrogen (secondary N) is 1. The summed E-state index contributed by atoms with van der Waals surface area (Å²) < 4.78 is 0. The molecule has 1 saturated heterocycles. The summed E-state index contributed by atoms with van der Waals surface area (Å²) in [6, 6.07) is 22.0. The fourth-order valence-corrected chi connectivity index (χ4v) is 7.13. The predicted molar refractivity (Wildman–Crippen MR) is 160 cm³/mol. The minimum Gasteiger partial charge on any atom is -0.352 e. The van der Waals surface area contributed by atoms with E-state index in [0.29, 0.717) is 11.3 Å². The number of carbonyl (C=O) groups excluding carboxylic acids is 3. The van der Waals surface area contributed by atoms with Crippen LogP contribution in [0.2, 0.25) is 0 Å². The summed E-state index contributed by atoms with van der Waals surface area (Å²) in [4.78, 5) is 45.8. The van der Waals surface area contributed by atoms with E-state index in [0.717, 1.165) is 40.8 Å². The Hall–Kier alpha value is -3.99. The molecule has 0 aromatic heterocycles. The number of Topliss-reactive ketones (excluding diaryl/α,β-unsaturated/α-hetero) is 2. The van der Waals surface area contributed by atoms with Crippen molar-refractivity contribution in [2.75, 3.05) is 10.2 Å². The first-order valence-corrected chi connectivity index (χ1v) is 14.2. The number of hydrogen-bond acceptors (Lipinski definition) is 4. The fourth-order valence-electron chi connectivity index (χ4n) is 7.13. The van der Waals surface area contributed by atoms with Crippen LogP contribution in [0.1, 0.15) is 68.1 Å². The summed E-state index contributed by atoms with van der Waals surface area (Å²) in [5, 5.41) is 3.10. The van der Waals surface area contributed by atoms with Gasteiger partial charge >= 0.3 is 0 Å². The summed E-state index contributed by atoms with van der Waals surface area (Å²) in [6.45, 7) is 9.87. The average Bonchev–Trinajstić information content (AvgIpc) is 3.40. The molecule has 3 aromatic rings. The summed E-state index contributed by atoms with van der Waals surface area (Å²) in [5.74, 6) is -1.36. The molecule has 0 unspecified atom stereocenters. The second-order valence-electron chi connectivity index (χ2n) is 12.4. The van der Waals surface area contributed by atoms with Gasteiger partial charge in [-0.1, -0.05) is 101 Å². The van der Waals surface area contributed by atoms with Crippen LogP contribution in [0.25, 0.3) is 5.57 Å². The number of anilines is 2. The molecule has 0 saturated carbocycles. The van der Waals surface area contributed by atoms with Crippen molar-refractivity contribution in [1.29, 1.82) is 0 Å². The Labute approximate surface area is 236 Å². The van der Waals surface area contributed by atoms with Gasteiger partial charge in [-0.25, -0.2) is 0 Å². The molecule has 5 nitrogen and oxygen atoms in total. The maximum atomic E-state index is 14.8. The molecule has 1 amide bonds. The zero-order valence-corrected chi connectivity index (χ0v) is 23.8. The minimum atomic E-state index is -1.27. The van der Waals surface area contributed by atoms with Gasteiger partial charge in [0, 0.05) is 27.9 Å². The average molecular weight is 533 g/mol. The van der Waals surface area contributed by atoms with Crippen LogP contribution >= 0.6 is 0 Å². The first-order valence-electron chi connectivity index (χ1n) is 14.2. The van der Waals surface area contributed by atoms with Gasteiger partial charge in [0.1, 0.15) is 11.5 Å². The molecule has 1 spiro atoms. The van der Waals surface area contributed by atoms with E-state index in [2.05, 4.69) is 23.2 Å². The standard InChI is InChI=1S/C35H36N2O3/c1-6-11-22-16-18-23(19-17-22)31(38)29-30(32(39)34(3,4)5)37-27-15-10-7-12-24(27)21(2)20-28(37)35(29)25-13-8-9-14-26(25)36-33(35)40/h7-10,12-20,28-30H,6,11H2,1-5H3,(H,36,40)/t28-,29-,30+,35+/m0/s1. The topological polar surface area (TPSA) is 66.5 Å². The molecule has 40 heavy (non-hydrogen) atoms. The highest BCUT2D eigenvalue weighted by molar-refractivity contribution is 6.17. The van der Waals surface area contributed by atoms with Crippen molar-refractivity contribution in [2.24, 2.45) is 11.3 Å². The normalized spacial score (nSPS) is 24.7. The number of benzene rings is 3. The number of nitrogens with zero attached hydrogens (tertiary/aromatic N) is 1. The first-order chi connectivity index (χ1) is 19.1. The van der Waals surface area contributed by atoms with Crippen LogP contribution in [0.3, 0.4) is 0 Å². The van der Waals surface area contributed by atoms with Gasteiger partial charge in [-0.15, -0.1) is 0 Å². The van der Waals surface area contributed by atoms with Crippen LogP contribution in [-0.4, -0.2) is 29.6 Å². The quantitative estimate of drug-likeness (QED) is 0.375. The number of hydrogen-bond donors (Lipinski definition) is 1. The third kappa shape index (κ3) is 3.63. The number of aryl methyl sites for hydroxylation is 1. The van der Waals surface area contributed by atoms with Crippen molar-refractivity contribution < 1.29 is 14.4 Å². The van der Waals surface area contributed by atoms with Crippen LogP contribution in [0.4, 0.5) is 11.4 Å². The molecule has 0 radical (unpaired) electrons. The lowest BCUT2D eigenvalue weighted by molar-refractivity contribution is -0.128. The van der Waals surface area contributed by atoms with Crippen LogP contribution in [0.5, 0.6) is 0 Å². The van der Waals surface area contributed by atoms with E-state index < -0.39 is 28.8 Å². The molecule has 0 bridgehead atoms. The second-order valence-corrected chi connectivity index (χ2v) is 12.4. The van der Waals surface area contributed by atoms with Crippen LogP contribution in [-0.2, 0) is 21.4 Å². The first kappa shape index (κ1) is 26.2. The Morgan fingerprint density at radius 2 is 1.62 bits per heavy atom. The molecular weight excluding hydrogens is 496 g/mol. The third-order valence-corrected chi connectivity index (χ3v) is 8.95. The lowest BCUT2D eigenvalue weighted by Crippen LogP contribution is -2.51. The molecule has 6 rings (SSSR count). The second kappa shape index (κ2) is 9.29. The van der Waals surface area contributed by atoms with Crippen molar-refractivity contribution in [3.05, 3.63) is 101 Å². The molecule has 3 aliphatic rings. The van der Waals surface area contributed by atoms with E-state index in [1.807, 2.05) is 100 Å². The SMILES string of the molecule is CCCc1ccc(C(=O)[C@@H]2[C@H](C(=O)C(C)(C)C)N3c4ccccc4C(C)=C[C@H]3[C@@]23C(=O)Nc2ccccc23)cc1.